The van der Waals surface area contributed by atoms with Crippen LogP contribution in [0.5, 0.6) is 0 Å². The fourth-order valence-corrected chi connectivity index (χ4v) is 4.34. The Hall–Kier alpha value is -0.610. The van der Waals surface area contributed by atoms with Crippen molar-refractivity contribution in [2.75, 3.05) is 13.1 Å². The van der Waals surface area contributed by atoms with Crippen LogP contribution in [0.2, 0.25) is 0 Å². The van der Waals surface area contributed by atoms with Gasteiger partial charge in [0.1, 0.15) is 5.54 Å². The third kappa shape index (κ3) is 3.42. The van der Waals surface area contributed by atoms with Crippen molar-refractivity contribution in [3.63, 3.8) is 0 Å². The van der Waals surface area contributed by atoms with Crippen LogP contribution in [0.1, 0.15) is 65.2 Å². The molecule has 4 heteroatoms. The maximum atomic E-state index is 11.9. The first-order chi connectivity index (χ1) is 9.90. The van der Waals surface area contributed by atoms with Gasteiger partial charge in [-0.2, -0.15) is 0 Å². The summed E-state index contributed by atoms with van der Waals surface area (Å²) >= 11 is 0. The number of piperidine rings is 1. The molecule has 2 unspecified atom stereocenters. The van der Waals surface area contributed by atoms with Gasteiger partial charge >= 0.3 is 5.97 Å². The molecule has 3 fully saturated rings. The fraction of sp³-hybridized carbons (Fsp3) is 0.941. The summed E-state index contributed by atoms with van der Waals surface area (Å²) in [6.07, 6.45) is 8.62. The normalized spacial score (nSPS) is 37.3. The van der Waals surface area contributed by atoms with Crippen LogP contribution in [-0.4, -0.2) is 46.7 Å². The number of likely N-dealkylation sites (tertiary alicyclic amines) is 1. The van der Waals surface area contributed by atoms with Crippen LogP contribution in [0.4, 0.5) is 0 Å². The van der Waals surface area contributed by atoms with Gasteiger partial charge in [0.15, 0.2) is 0 Å². The van der Waals surface area contributed by atoms with Crippen LogP contribution in [0, 0.1) is 5.41 Å². The van der Waals surface area contributed by atoms with E-state index in [0.717, 1.165) is 51.6 Å². The highest BCUT2D eigenvalue weighted by atomic mass is 16.4. The number of carboxylic acids is 1. The molecule has 4 nitrogen and oxygen atoms in total. The van der Waals surface area contributed by atoms with E-state index in [0.29, 0.717) is 17.5 Å². The van der Waals surface area contributed by atoms with E-state index in [1.807, 2.05) is 0 Å². The van der Waals surface area contributed by atoms with Gasteiger partial charge in [0, 0.05) is 18.6 Å². The average Bonchev–Trinajstić information content (AvgIpc) is 3.21. The van der Waals surface area contributed by atoms with Crippen molar-refractivity contribution in [2.24, 2.45) is 5.41 Å². The van der Waals surface area contributed by atoms with Crippen molar-refractivity contribution in [3.05, 3.63) is 0 Å². The molecule has 2 atom stereocenters. The van der Waals surface area contributed by atoms with Crippen LogP contribution < -0.4 is 5.32 Å². The zero-order chi connectivity index (χ0) is 15.1. The van der Waals surface area contributed by atoms with E-state index < -0.39 is 11.5 Å². The summed E-state index contributed by atoms with van der Waals surface area (Å²) in [7, 11) is 0. The zero-order valence-electron chi connectivity index (χ0n) is 13.5. The molecule has 0 aromatic carbocycles. The van der Waals surface area contributed by atoms with Crippen LogP contribution in [0.15, 0.2) is 0 Å². The average molecular weight is 294 g/mol. The second kappa shape index (κ2) is 5.54. The Labute approximate surface area is 128 Å². The van der Waals surface area contributed by atoms with E-state index in [-0.39, 0.29) is 0 Å². The number of hydrogen-bond donors (Lipinski definition) is 2. The smallest absolute Gasteiger partial charge is 0.323 e. The first kappa shape index (κ1) is 15.3. The van der Waals surface area contributed by atoms with Crippen molar-refractivity contribution < 1.29 is 9.90 Å². The molecule has 3 aliphatic rings. The van der Waals surface area contributed by atoms with Gasteiger partial charge in [0.2, 0.25) is 0 Å². The molecular weight excluding hydrogens is 264 g/mol. The molecule has 3 rings (SSSR count). The van der Waals surface area contributed by atoms with Gasteiger partial charge in [-0.05, 0) is 63.3 Å². The standard InChI is InChI=1S/C17H30N2O2/c1-16(2)8-4-10-19(12-16)14-5-3-9-17(11-14,15(20)21)18-13-6-7-13/h13-14,18H,3-12H2,1-2H3,(H,20,21). The van der Waals surface area contributed by atoms with E-state index >= 15 is 0 Å². The zero-order valence-corrected chi connectivity index (χ0v) is 13.5. The van der Waals surface area contributed by atoms with Crippen LogP contribution in [0.25, 0.3) is 0 Å². The Morgan fingerprint density at radius 1 is 1.19 bits per heavy atom. The lowest BCUT2D eigenvalue weighted by molar-refractivity contribution is -0.148. The van der Waals surface area contributed by atoms with Crippen LogP contribution >= 0.6 is 0 Å². The maximum absolute atomic E-state index is 11.9. The Morgan fingerprint density at radius 3 is 2.57 bits per heavy atom. The Morgan fingerprint density at radius 2 is 1.95 bits per heavy atom. The predicted octanol–water partition coefficient (Wildman–Crippen LogP) is 2.63. The first-order valence-corrected chi connectivity index (χ1v) is 8.65. The number of hydrogen-bond acceptors (Lipinski definition) is 3. The Balaban J connectivity index is 1.70. The molecule has 2 aliphatic carbocycles. The lowest BCUT2D eigenvalue weighted by Crippen LogP contribution is -2.60. The maximum Gasteiger partial charge on any atom is 0.323 e. The number of rotatable bonds is 4. The Bertz CT molecular complexity index is 406. The molecule has 1 aliphatic heterocycles. The number of nitrogens with one attached hydrogen (secondary N) is 1. The molecule has 120 valence electrons. The molecule has 0 bridgehead atoms. The lowest BCUT2D eigenvalue weighted by atomic mass is 9.76. The Kier molecular flexibility index (Phi) is 4.04. The third-order valence-corrected chi connectivity index (χ3v) is 5.64. The molecule has 2 saturated carbocycles. The van der Waals surface area contributed by atoms with Crippen LogP contribution in [-0.2, 0) is 4.79 Å². The van der Waals surface area contributed by atoms with E-state index in [1.165, 1.54) is 12.8 Å². The number of carbonyl (C=O) groups is 1. The van der Waals surface area contributed by atoms with Gasteiger partial charge in [0.25, 0.3) is 0 Å². The van der Waals surface area contributed by atoms with Crippen LogP contribution in [0.3, 0.4) is 0 Å². The fourth-order valence-electron chi connectivity index (χ4n) is 4.34. The van der Waals surface area contributed by atoms with Gasteiger partial charge in [0.05, 0.1) is 0 Å². The minimum absolute atomic E-state index is 0.380. The van der Waals surface area contributed by atoms with Crippen molar-refractivity contribution >= 4 is 5.97 Å². The van der Waals surface area contributed by atoms with Gasteiger partial charge in [-0.1, -0.05) is 13.8 Å². The SMILES string of the molecule is CC1(C)CCCN(C2CCCC(NC3CC3)(C(=O)O)C2)C1. The molecular formula is C17H30N2O2. The molecule has 0 aromatic heterocycles. The minimum atomic E-state index is -0.661. The molecule has 0 amide bonds. The number of aliphatic carboxylic acids is 1. The van der Waals surface area contributed by atoms with Crippen molar-refractivity contribution in [2.45, 2.75) is 82.8 Å². The summed E-state index contributed by atoms with van der Waals surface area (Å²) in [6, 6.07) is 0.901. The lowest BCUT2D eigenvalue weighted by Gasteiger charge is -2.47. The third-order valence-electron chi connectivity index (χ3n) is 5.64. The summed E-state index contributed by atoms with van der Waals surface area (Å²) in [4.78, 5) is 14.5. The molecule has 1 saturated heterocycles. The number of carboxylic acid groups (broad SMARTS) is 1. The van der Waals surface area contributed by atoms with Crippen molar-refractivity contribution in [1.82, 2.24) is 10.2 Å². The van der Waals surface area contributed by atoms with E-state index in [2.05, 4.69) is 24.1 Å². The van der Waals surface area contributed by atoms with E-state index in [1.54, 1.807) is 0 Å². The second-order valence-electron chi connectivity index (χ2n) is 8.29. The van der Waals surface area contributed by atoms with E-state index in [4.69, 9.17) is 0 Å². The second-order valence-corrected chi connectivity index (χ2v) is 8.29. The summed E-state index contributed by atoms with van der Waals surface area (Å²) in [6.45, 7) is 6.95. The monoisotopic (exact) mass is 294 g/mol. The molecule has 2 N–H and O–H groups in total. The molecule has 0 spiro atoms. The minimum Gasteiger partial charge on any atom is -0.480 e. The summed E-state index contributed by atoms with van der Waals surface area (Å²) in [5.41, 5.74) is -0.281. The molecule has 0 aromatic rings. The summed E-state index contributed by atoms with van der Waals surface area (Å²) in [5, 5.41) is 13.3. The predicted molar refractivity (Wildman–Crippen MR) is 83.4 cm³/mol. The summed E-state index contributed by atoms with van der Waals surface area (Å²) in [5.74, 6) is -0.629. The quantitative estimate of drug-likeness (QED) is 0.837. The van der Waals surface area contributed by atoms with Gasteiger partial charge < -0.3 is 5.11 Å². The first-order valence-electron chi connectivity index (χ1n) is 8.65. The molecule has 0 radical (unpaired) electrons. The topological polar surface area (TPSA) is 52.6 Å². The van der Waals surface area contributed by atoms with Crippen molar-refractivity contribution in [3.8, 4) is 0 Å². The van der Waals surface area contributed by atoms with Crippen molar-refractivity contribution in [1.29, 1.82) is 0 Å². The highest BCUT2D eigenvalue weighted by molar-refractivity contribution is 5.79. The van der Waals surface area contributed by atoms with E-state index in [9.17, 15) is 9.90 Å². The highest BCUT2D eigenvalue weighted by Crippen LogP contribution is 2.38. The molecule has 1 heterocycles. The van der Waals surface area contributed by atoms with Gasteiger partial charge in [-0.15, -0.1) is 0 Å². The van der Waals surface area contributed by atoms with Gasteiger partial charge in [-0.25, -0.2) is 0 Å². The summed E-state index contributed by atoms with van der Waals surface area (Å²) < 4.78 is 0. The molecule has 21 heavy (non-hydrogen) atoms. The van der Waals surface area contributed by atoms with Gasteiger partial charge in [-0.3, -0.25) is 15.0 Å². The highest BCUT2D eigenvalue weighted by Gasteiger charge is 2.47. The largest absolute Gasteiger partial charge is 0.480 e. The number of nitrogens with zero attached hydrogens (tertiary/aromatic N) is 1.